The van der Waals surface area contributed by atoms with E-state index in [-0.39, 0.29) is 11.8 Å². The topological polar surface area (TPSA) is 70.1 Å². The fraction of sp³-hybridized carbons (Fsp3) is 0.429. The van der Waals surface area contributed by atoms with Crippen LogP contribution >= 0.6 is 11.6 Å². The molecule has 1 aromatic heterocycles. The maximum atomic E-state index is 11.8. The van der Waals surface area contributed by atoms with Crippen LogP contribution in [0.2, 0.25) is 0 Å². The second-order valence-corrected chi connectivity index (χ2v) is 5.22. The minimum Gasteiger partial charge on any atom is -0.494 e. The molecule has 1 atom stereocenters. The summed E-state index contributed by atoms with van der Waals surface area (Å²) in [6, 6.07) is 5.09. The van der Waals surface area contributed by atoms with E-state index in [4.69, 9.17) is 22.1 Å². The lowest BCUT2D eigenvalue weighted by atomic mass is 10.0. The molecule has 5 nitrogen and oxygen atoms in total. The van der Waals surface area contributed by atoms with Gasteiger partial charge in [-0.25, -0.2) is 4.98 Å². The van der Waals surface area contributed by atoms with E-state index in [9.17, 15) is 4.79 Å². The number of halogens is 1. The number of methoxy groups -OCH3 is 1. The molecule has 0 saturated heterocycles. The Morgan fingerprint density at radius 1 is 1.50 bits per heavy atom. The lowest BCUT2D eigenvalue weighted by Crippen LogP contribution is -2.31. The van der Waals surface area contributed by atoms with Gasteiger partial charge in [0.25, 0.3) is 0 Å². The number of rotatable bonds is 5. The molecular weight excluding hydrogens is 278 g/mol. The van der Waals surface area contributed by atoms with Crippen LogP contribution in [0.4, 0.5) is 0 Å². The van der Waals surface area contributed by atoms with E-state index < -0.39 is 11.9 Å². The maximum Gasteiger partial charge on any atom is 0.240 e. The third kappa shape index (κ3) is 2.33. The van der Waals surface area contributed by atoms with Crippen molar-refractivity contribution in [2.75, 3.05) is 7.11 Å². The van der Waals surface area contributed by atoms with Crippen LogP contribution in [0, 0.1) is 5.92 Å². The first-order valence-corrected chi connectivity index (χ1v) is 6.93. The zero-order valence-corrected chi connectivity index (χ0v) is 12.5. The zero-order valence-electron chi connectivity index (χ0n) is 11.8. The number of amides is 1. The van der Waals surface area contributed by atoms with Gasteiger partial charge < -0.3 is 15.0 Å². The molecule has 0 aliphatic carbocycles. The summed E-state index contributed by atoms with van der Waals surface area (Å²) in [7, 11) is 1.59. The van der Waals surface area contributed by atoms with Gasteiger partial charge in [-0.3, -0.25) is 4.79 Å². The first-order chi connectivity index (χ1) is 9.51. The second-order valence-electron chi connectivity index (χ2n) is 4.95. The third-order valence-corrected chi connectivity index (χ3v) is 3.54. The van der Waals surface area contributed by atoms with Crippen molar-refractivity contribution in [3.8, 4) is 5.75 Å². The molecule has 2 aromatic rings. The van der Waals surface area contributed by atoms with E-state index >= 15 is 0 Å². The molecule has 1 aromatic carbocycles. The van der Waals surface area contributed by atoms with Gasteiger partial charge in [-0.05, 0) is 18.1 Å². The van der Waals surface area contributed by atoms with Gasteiger partial charge in [-0.2, -0.15) is 0 Å². The number of benzene rings is 1. The molecule has 2 rings (SSSR count). The fourth-order valence-electron chi connectivity index (χ4n) is 2.46. The SMILES string of the molecule is COc1cccc2c1nc(CCl)n2C(C(N)=O)C(C)C. The average Bonchev–Trinajstić information content (AvgIpc) is 2.76. The van der Waals surface area contributed by atoms with Crippen molar-refractivity contribution in [1.82, 2.24) is 9.55 Å². The van der Waals surface area contributed by atoms with Gasteiger partial charge in [-0.1, -0.05) is 19.9 Å². The van der Waals surface area contributed by atoms with Crippen molar-refractivity contribution < 1.29 is 9.53 Å². The van der Waals surface area contributed by atoms with Gasteiger partial charge in [-0.15, -0.1) is 11.6 Å². The molecule has 0 fully saturated rings. The van der Waals surface area contributed by atoms with Crippen LogP contribution in [0.15, 0.2) is 18.2 Å². The number of nitrogens with zero attached hydrogens (tertiary/aromatic N) is 2. The van der Waals surface area contributed by atoms with E-state index in [1.54, 1.807) is 7.11 Å². The van der Waals surface area contributed by atoms with Crippen molar-refractivity contribution in [1.29, 1.82) is 0 Å². The van der Waals surface area contributed by atoms with Crippen LogP contribution in [0.25, 0.3) is 11.0 Å². The minimum atomic E-state index is -0.485. The van der Waals surface area contributed by atoms with Gasteiger partial charge in [0.05, 0.1) is 18.5 Å². The van der Waals surface area contributed by atoms with E-state index in [1.165, 1.54) is 0 Å². The summed E-state index contributed by atoms with van der Waals surface area (Å²) in [6.07, 6.45) is 0. The molecule has 1 amide bonds. The number of imidazole rings is 1. The standard InChI is InChI=1S/C14H18ClN3O2/c1-8(2)13(14(16)19)18-9-5-4-6-10(20-3)12(9)17-11(18)7-15/h4-6,8,13H,7H2,1-3H3,(H2,16,19). The normalized spacial score (nSPS) is 12.8. The van der Waals surface area contributed by atoms with E-state index in [1.807, 2.05) is 36.6 Å². The third-order valence-electron chi connectivity index (χ3n) is 3.30. The Morgan fingerprint density at radius 2 is 2.20 bits per heavy atom. The lowest BCUT2D eigenvalue weighted by Gasteiger charge is -2.21. The molecule has 108 valence electrons. The van der Waals surface area contributed by atoms with Crippen molar-refractivity contribution in [2.45, 2.75) is 25.8 Å². The van der Waals surface area contributed by atoms with Crippen LogP contribution in [-0.2, 0) is 10.7 Å². The number of hydrogen-bond donors (Lipinski definition) is 1. The van der Waals surface area contributed by atoms with Crippen molar-refractivity contribution in [3.05, 3.63) is 24.0 Å². The van der Waals surface area contributed by atoms with Gasteiger partial charge in [0, 0.05) is 0 Å². The van der Waals surface area contributed by atoms with Crippen molar-refractivity contribution in [2.24, 2.45) is 11.7 Å². The summed E-state index contributed by atoms with van der Waals surface area (Å²) in [5.74, 6) is 1.11. The minimum absolute atomic E-state index is 0.0399. The Hall–Kier alpha value is -1.75. The number of primary amides is 1. The molecule has 0 spiro atoms. The van der Waals surface area contributed by atoms with E-state index in [0.29, 0.717) is 17.1 Å². The highest BCUT2D eigenvalue weighted by atomic mass is 35.5. The summed E-state index contributed by atoms with van der Waals surface area (Å²) < 4.78 is 7.12. The molecule has 1 heterocycles. The predicted octanol–water partition coefficient (Wildman–Crippen LogP) is 2.47. The molecule has 0 aliphatic rings. The quantitative estimate of drug-likeness (QED) is 0.861. The van der Waals surface area contributed by atoms with Gasteiger partial charge in [0.1, 0.15) is 23.1 Å². The molecule has 0 aliphatic heterocycles. The molecule has 0 saturated carbocycles. The Kier molecular flexibility index (Phi) is 4.18. The average molecular weight is 296 g/mol. The largest absolute Gasteiger partial charge is 0.494 e. The number of carbonyl (C=O) groups is 1. The number of ether oxygens (including phenoxy) is 1. The van der Waals surface area contributed by atoms with Crippen LogP contribution in [-0.4, -0.2) is 22.6 Å². The number of carbonyl (C=O) groups excluding carboxylic acids is 1. The summed E-state index contributed by atoms with van der Waals surface area (Å²) >= 11 is 5.98. The van der Waals surface area contributed by atoms with E-state index in [2.05, 4.69) is 4.98 Å². The van der Waals surface area contributed by atoms with Crippen molar-refractivity contribution in [3.63, 3.8) is 0 Å². The Labute approximate surface area is 122 Å². The molecule has 2 N–H and O–H groups in total. The molecule has 0 radical (unpaired) electrons. The van der Waals surface area contributed by atoms with Gasteiger partial charge >= 0.3 is 0 Å². The highest BCUT2D eigenvalue weighted by molar-refractivity contribution is 6.17. The van der Waals surface area contributed by atoms with Crippen LogP contribution < -0.4 is 10.5 Å². The lowest BCUT2D eigenvalue weighted by molar-refractivity contribution is -0.122. The first kappa shape index (κ1) is 14.7. The summed E-state index contributed by atoms with van der Waals surface area (Å²) in [6.45, 7) is 3.89. The van der Waals surface area contributed by atoms with Gasteiger partial charge in [0.2, 0.25) is 5.91 Å². The van der Waals surface area contributed by atoms with E-state index in [0.717, 1.165) is 5.52 Å². The van der Waals surface area contributed by atoms with Crippen LogP contribution in [0.1, 0.15) is 25.7 Å². The number of hydrogen-bond acceptors (Lipinski definition) is 3. The number of nitrogens with two attached hydrogens (primary N) is 1. The highest BCUT2D eigenvalue weighted by Gasteiger charge is 2.27. The second kappa shape index (κ2) is 5.71. The fourth-order valence-corrected chi connectivity index (χ4v) is 2.65. The number of alkyl halides is 1. The van der Waals surface area contributed by atoms with Crippen LogP contribution in [0.5, 0.6) is 5.75 Å². The Balaban J connectivity index is 2.76. The molecule has 6 heteroatoms. The molecule has 1 unspecified atom stereocenters. The smallest absolute Gasteiger partial charge is 0.240 e. The highest BCUT2D eigenvalue weighted by Crippen LogP contribution is 2.31. The maximum absolute atomic E-state index is 11.8. The number of fused-ring (bicyclic) bond motifs is 1. The first-order valence-electron chi connectivity index (χ1n) is 6.40. The predicted molar refractivity (Wildman–Crippen MR) is 78.9 cm³/mol. The summed E-state index contributed by atoms with van der Waals surface area (Å²) in [4.78, 5) is 16.3. The van der Waals surface area contributed by atoms with Crippen LogP contribution in [0.3, 0.4) is 0 Å². The molecular formula is C14H18ClN3O2. The number of para-hydroxylation sites is 1. The summed E-state index contributed by atoms with van der Waals surface area (Å²) in [5, 5.41) is 0. The Morgan fingerprint density at radius 3 is 2.70 bits per heavy atom. The summed E-state index contributed by atoms with van der Waals surface area (Å²) in [5.41, 5.74) is 7.05. The molecule has 0 bridgehead atoms. The van der Waals surface area contributed by atoms with Gasteiger partial charge in [0.15, 0.2) is 0 Å². The Bertz CT molecular complexity index is 637. The zero-order chi connectivity index (χ0) is 14.9. The molecule has 20 heavy (non-hydrogen) atoms. The number of aromatic nitrogens is 2. The monoisotopic (exact) mass is 295 g/mol. The van der Waals surface area contributed by atoms with Crippen molar-refractivity contribution >= 4 is 28.5 Å².